The number of methoxy groups -OCH3 is 1. The fraction of sp³-hybridized carbons (Fsp3) is 0.944. The van der Waals surface area contributed by atoms with Crippen LogP contribution in [0.1, 0.15) is 71.1 Å². The molecule has 0 radical (unpaired) electrons. The van der Waals surface area contributed by atoms with Gasteiger partial charge in [0.25, 0.3) is 0 Å². The van der Waals surface area contributed by atoms with Gasteiger partial charge in [-0.2, -0.15) is 0 Å². The van der Waals surface area contributed by atoms with Gasteiger partial charge in [-0.15, -0.1) is 0 Å². The van der Waals surface area contributed by atoms with Crippen molar-refractivity contribution in [2.75, 3.05) is 32.7 Å². The van der Waals surface area contributed by atoms with E-state index in [-0.39, 0.29) is 18.7 Å². The average Bonchev–Trinajstić information content (AvgIpc) is 3.07. The minimum absolute atomic E-state index is 0.163. The average molecular weight is 427 g/mol. The molecule has 2 unspecified atom stereocenters. The summed E-state index contributed by atoms with van der Waals surface area (Å²) in [6.07, 6.45) is 11.3. The third-order valence-corrected chi connectivity index (χ3v) is 9.59. The number of unbranched alkanes of at least 4 members (excludes halogenated alkanes) is 8. The van der Waals surface area contributed by atoms with E-state index in [9.17, 15) is 4.79 Å². The van der Waals surface area contributed by atoms with Crippen LogP contribution in [0.5, 0.6) is 0 Å². The van der Waals surface area contributed by atoms with Crippen LogP contribution in [0.2, 0.25) is 0 Å². The normalized spacial score (nSPS) is 21.0. The molecule has 154 valence electrons. The van der Waals surface area contributed by atoms with Crippen LogP contribution in [-0.2, 0) is 35.1 Å². The van der Waals surface area contributed by atoms with E-state index in [0.29, 0.717) is 19.6 Å². The number of esters is 1. The van der Waals surface area contributed by atoms with Gasteiger partial charge < -0.3 is 18.5 Å². The van der Waals surface area contributed by atoms with Crippen molar-refractivity contribution < 1.29 is 23.3 Å². The van der Waals surface area contributed by atoms with Crippen molar-refractivity contribution in [3.63, 3.8) is 0 Å². The molecule has 0 aromatic heterocycles. The molecule has 1 aliphatic heterocycles. The topological polar surface area (TPSA) is 54.0 Å². The molecule has 26 heavy (non-hydrogen) atoms. The van der Waals surface area contributed by atoms with Gasteiger partial charge in [0.15, 0.2) is 0 Å². The van der Waals surface area contributed by atoms with E-state index in [4.69, 9.17) is 30.3 Å². The van der Waals surface area contributed by atoms with Crippen LogP contribution in [0.15, 0.2) is 0 Å². The third-order valence-electron chi connectivity index (χ3n) is 4.25. The van der Waals surface area contributed by atoms with E-state index >= 15 is 0 Å². The summed E-state index contributed by atoms with van der Waals surface area (Å²) in [7, 11) is 1.58. The molecule has 1 saturated heterocycles. The van der Waals surface area contributed by atoms with Crippen LogP contribution in [0.3, 0.4) is 0 Å². The monoisotopic (exact) mass is 426 g/mol. The lowest BCUT2D eigenvalue weighted by Crippen LogP contribution is -2.25. The lowest BCUT2D eigenvalue weighted by atomic mass is 10.1. The Bertz CT molecular complexity index is 412. The molecule has 0 bridgehead atoms. The second kappa shape index (κ2) is 15.3. The first-order valence-electron chi connectivity index (χ1n) is 9.81. The second-order valence-electron chi connectivity index (χ2n) is 6.53. The Balaban J connectivity index is 1.99. The standard InChI is InChI=1S/C18H35O5PS2/c1-3-4-5-6-7-8-9-10-11-12-18(19)21-15-17(20-2)16-23-24(25)22-13-14-26-24/h17H,3-16H2,1-2H3. The minimum Gasteiger partial charge on any atom is -0.463 e. The summed E-state index contributed by atoms with van der Waals surface area (Å²) < 4.78 is 21.8. The van der Waals surface area contributed by atoms with Gasteiger partial charge in [-0.05, 0) is 18.2 Å². The number of hydrogen-bond donors (Lipinski definition) is 0. The van der Waals surface area contributed by atoms with E-state index in [1.165, 1.54) is 44.9 Å². The van der Waals surface area contributed by atoms with E-state index < -0.39 is 5.69 Å². The lowest BCUT2D eigenvalue weighted by Gasteiger charge is -2.19. The number of hydrogen-bond acceptors (Lipinski definition) is 7. The highest BCUT2D eigenvalue weighted by Crippen LogP contribution is 2.64. The maximum atomic E-state index is 11.8. The Morgan fingerprint density at radius 2 is 1.77 bits per heavy atom. The van der Waals surface area contributed by atoms with Crippen molar-refractivity contribution in [1.29, 1.82) is 0 Å². The molecule has 0 spiro atoms. The van der Waals surface area contributed by atoms with E-state index in [1.54, 1.807) is 18.5 Å². The van der Waals surface area contributed by atoms with Gasteiger partial charge in [0.05, 0.1) is 13.2 Å². The fourth-order valence-corrected chi connectivity index (χ4v) is 6.82. The van der Waals surface area contributed by atoms with Crippen molar-refractivity contribution in [3.05, 3.63) is 0 Å². The Morgan fingerprint density at radius 3 is 2.35 bits per heavy atom. The molecule has 0 aromatic rings. The van der Waals surface area contributed by atoms with Crippen LogP contribution in [0.4, 0.5) is 0 Å². The molecular weight excluding hydrogens is 391 g/mol. The van der Waals surface area contributed by atoms with Gasteiger partial charge >= 0.3 is 5.97 Å². The number of rotatable bonds is 16. The Kier molecular flexibility index (Phi) is 14.3. The Morgan fingerprint density at radius 1 is 1.12 bits per heavy atom. The maximum absolute atomic E-state index is 11.8. The molecule has 0 N–H and O–H groups in total. The summed E-state index contributed by atoms with van der Waals surface area (Å²) in [4.78, 5) is 11.8. The van der Waals surface area contributed by atoms with Crippen molar-refractivity contribution in [3.8, 4) is 0 Å². The Labute approximate surface area is 168 Å². The summed E-state index contributed by atoms with van der Waals surface area (Å²) in [5.41, 5.74) is -2.19. The van der Waals surface area contributed by atoms with Crippen LogP contribution >= 0.6 is 17.1 Å². The third kappa shape index (κ3) is 11.9. The Hall–Kier alpha value is 0.350. The second-order valence-corrected chi connectivity index (χ2v) is 13.0. The van der Waals surface area contributed by atoms with Crippen molar-refractivity contribution in [2.24, 2.45) is 0 Å². The zero-order valence-electron chi connectivity index (χ0n) is 16.3. The van der Waals surface area contributed by atoms with Crippen LogP contribution < -0.4 is 0 Å². The number of ether oxygens (including phenoxy) is 2. The van der Waals surface area contributed by atoms with Crippen molar-refractivity contribution in [1.82, 2.24) is 0 Å². The van der Waals surface area contributed by atoms with Crippen LogP contribution in [0.25, 0.3) is 0 Å². The smallest absolute Gasteiger partial charge is 0.305 e. The maximum Gasteiger partial charge on any atom is 0.305 e. The summed E-state index contributed by atoms with van der Waals surface area (Å²) in [6.45, 7) is 3.38. The van der Waals surface area contributed by atoms with Crippen molar-refractivity contribution in [2.45, 2.75) is 77.2 Å². The predicted octanol–water partition coefficient (Wildman–Crippen LogP) is 5.47. The molecular formula is C18H35O5PS2. The molecule has 0 aliphatic carbocycles. The van der Waals surface area contributed by atoms with E-state index in [0.717, 1.165) is 18.6 Å². The largest absolute Gasteiger partial charge is 0.463 e. The highest BCUT2D eigenvalue weighted by Gasteiger charge is 2.27. The molecule has 5 nitrogen and oxygen atoms in total. The molecule has 1 rings (SSSR count). The fourth-order valence-electron chi connectivity index (χ4n) is 2.61. The van der Waals surface area contributed by atoms with Gasteiger partial charge in [0.2, 0.25) is 5.69 Å². The first kappa shape index (κ1) is 24.4. The summed E-state index contributed by atoms with van der Waals surface area (Å²) in [6, 6.07) is 0. The summed E-state index contributed by atoms with van der Waals surface area (Å²) >= 11 is 6.92. The van der Waals surface area contributed by atoms with E-state index in [2.05, 4.69) is 6.92 Å². The highest BCUT2D eigenvalue weighted by molar-refractivity contribution is 8.68. The summed E-state index contributed by atoms with van der Waals surface area (Å²) in [5, 5.41) is 0. The lowest BCUT2D eigenvalue weighted by molar-refractivity contribution is -0.148. The zero-order chi connectivity index (χ0) is 19.1. The van der Waals surface area contributed by atoms with Gasteiger partial charge in [0.1, 0.15) is 12.7 Å². The van der Waals surface area contributed by atoms with Crippen LogP contribution in [0, 0.1) is 0 Å². The van der Waals surface area contributed by atoms with Crippen molar-refractivity contribution >= 4 is 34.9 Å². The molecule has 1 heterocycles. The molecule has 8 heteroatoms. The van der Waals surface area contributed by atoms with E-state index in [1.807, 2.05) is 0 Å². The summed E-state index contributed by atoms with van der Waals surface area (Å²) in [5.74, 6) is 0.715. The zero-order valence-corrected chi connectivity index (χ0v) is 18.8. The molecule has 0 amide bonds. The first-order chi connectivity index (χ1) is 12.6. The van der Waals surface area contributed by atoms with Gasteiger partial charge in [0, 0.05) is 19.3 Å². The SMILES string of the molecule is CCCCCCCCCCCC(=O)OCC(COP1(=S)OCCS1)OC. The number of carbonyl (C=O) groups excluding carboxylic acids is 1. The van der Waals surface area contributed by atoms with Gasteiger partial charge in [-0.1, -0.05) is 69.7 Å². The quantitative estimate of drug-likeness (QED) is 0.184. The van der Waals surface area contributed by atoms with Crippen LogP contribution in [-0.4, -0.2) is 44.8 Å². The molecule has 2 atom stereocenters. The molecule has 0 aromatic carbocycles. The predicted molar refractivity (Wildman–Crippen MR) is 112 cm³/mol. The minimum atomic E-state index is -2.19. The van der Waals surface area contributed by atoms with Gasteiger partial charge in [-0.25, -0.2) is 0 Å². The van der Waals surface area contributed by atoms with Gasteiger partial charge in [-0.3, -0.25) is 4.79 Å². The highest BCUT2D eigenvalue weighted by atomic mass is 32.9. The number of carbonyl (C=O) groups is 1. The first-order valence-corrected chi connectivity index (χ1v) is 14.0. The molecule has 1 fully saturated rings. The molecule has 1 aliphatic rings. The molecule has 0 saturated carbocycles.